The fourth-order valence-corrected chi connectivity index (χ4v) is 4.64. The van der Waals surface area contributed by atoms with Gasteiger partial charge >= 0.3 is 12.2 Å². The summed E-state index contributed by atoms with van der Waals surface area (Å²) in [4.78, 5) is 37.7. The van der Waals surface area contributed by atoms with Gasteiger partial charge in [-0.2, -0.15) is 0 Å². The van der Waals surface area contributed by atoms with Gasteiger partial charge in [0.05, 0.1) is 11.0 Å². The summed E-state index contributed by atoms with van der Waals surface area (Å²) >= 11 is 0. The van der Waals surface area contributed by atoms with Crippen LogP contribution in [0, 0.1) is 21.7 Å². The minimum absolute atomic E-state index is 0. The molecule has 0 saturated heterocycles. The van der Waals surface area contributed by atoms with Crippen molar-refractivity contribution in [3.8, 4) is 0 Å². The summed E-state index contributed by atoms with van der Waals surface area (Å²) in [6.07, 6.45) is -0.113. The van der Waals surface area contributed by atoms with Gasteiger partial charge in [-0.3, -0.25) is 19.9 Å². The van der Waals surface area contributed by atoms with Crippen molar-refractivity contribution in [2.75, 3.05) is 29.6 Å². The van der Waals surface area contributed by atoms with E-state index in [4.69, 9.17) is 15.2 Å². The number of carbonyl (C=O) groups is 2. The molecule has 2 N–H and O–H groups in total. The number of nitrogen functional groups attached to an aromatic ring is 1. The van der Waals surface area contributed by atoms with E-state index in [1.807, 2.05) is 45.0 Å². The predicted octanol–water partition coefficient (Wildman–Crippen LogP) is 9.70. The highest BCUT2D eigenvalue weighted by Crippen LogP contribution is 2.26. The first-order chi connectivity index (χ1) is 23.2. The summed E-state index contributed by atoms with van der Waals surface area (Å²) in [6.45, 7) is 10.8. The third kappa shape index (κ3) is 13.0. The normalized spacial score (nSPS) is 10.9. The maximum atomic E-state index is 13.3. The van der Waals surface area contributed by atoms with Crippen LogP contribution >= 0.6 is 0 Å². The van der Waals surface area contributed by atoms with Gasteiger partial charge in [0.1, 0.15) is 22.8 Å². The molecule has 0 radical (unpaired) electrons. The molecule has 4 rings (SSSR count). The van der Waals surface area contributed by atoms with Crippen LogP contribution in [0.1, 0.15) is 71.2 Å². The molecule has 12 heteroatoms. The lowest BCUT2D eigenvalue weighted by Gasteiger charge is -2.25. The largest absolute Gasteiger partial charge is 0.443 e. The van der Waals surface area contributed by atoms with Crippen LogP contribution in [0.4, 0.5) is 41.1 Å². The number of halogens is 2. The average molecular weight is 707 g/mol. The van der Waals surface area contributed by atoms with Crippen molar-refractivity contribution in [1.82, 2.24) is 0 Å². The fourth-order valence-electron chi connectivity index (χ4n) is 4.64. The van der Waals surface area contributed by atoms with E-state index in [9.17, 15) is 28.5 Å². The second kappa shape index (κ2) is 17.4. The van der Waals surface area contributed by atoms with Crippen molar-refractivity contribution in [2.45, 2.75) is 73.0 Å². The predicted molar refractivity (Wildman–Crippen MR) is 198 cm³/mol. The van der Waals surface area contributed by atoms with Gasteiger partial charge in [-0.25, -0.2) is 18.4 Å². The van der Waals surface area contributed by atoms with E-state index in [0.29, 0.717) is 23.4 Å². The highest BCUT2D eigenvalue weighted by Gasteiger charge is 2.22. The van der Waals surface area contributed by atoms with E-state index in [1.165, 1.54) is 34.1 Å². The van der Waals surface area contributed by atoms with Crippen LogP contribution in [0.25, 0.3) is 0 Å². The molecule has 4 aromatic carbocycles. The zero-order valence-electron chi connectivity index (χ0n) is 29.6. The van der Waals surface area contributed by atoms with Gasteiger partial charge in [-0.05, 0) is 113 Å². The van der Waals surface area contributed by atoms with Crippen molar-refractivity contribution < 1.29 is 32.8 Å². The van der Waals surface area contributed by atoms with Crippen LogP contribution < -0.4 is 15.5 Å². The minimum atomic E-state index is -0.654. The van der Waals surface area contributed by atoms with E-state index in [-0.39, 0.29) is 25.4 Å². The zero-order chi connectivity index (χ0) is 37.4. The van der Waals surface area contributed by atoms with Crippen LogP contribution in [0.2, 0.25) is 0 Å². The summed E-state index contributed by atoms with van der Waals surface area (Å²) < 4.78 is 37.1. The number of anilines is 3. The summed E-state index contributed by atoms with van der Waals surface area (Å²) in [7, 11) is 3.26. The van der Waals surface area contributed by atoms with E-state index >= 15 is 0 Å². The molecule has 0 spiro atoms. The number of rotatable bonds is 7. The number of ether oxygens (including phenoxy) is 2. The maximum Gasteiger partial charge on any atom is 0.414 e. The summed E-state index contributed by atoms with van der Waals surface area (Å²) in [5, 5.41) is 11.1. The third-order valence-corrected chi connectivity index (χ3v) is 7.07. The molecule has 0 heterocycles. The first-order valence-corrected chi connectivity index (χ1v) is 15.8. The Morgan fingerprint density at radius 2 is 1.12 bits per heavy atom. The maximum absolute atomic E-state index is 13.3. The topological polar surface area (TPSA) is 128 Å². The molecular formula is C39H48F2N4O6. The molecule has 0 aromatic heterocycles. The Balaban J connectivity index is 0.000000348. The Morgan fingerprint density at radius 1 is 0.706 bits per heavy atom. The lowest BCUT2D eigenvalue weighted by molar-refractivity contribution is -0.385. The van der Waals surface area contributed by atoms with Gasteiger partial charge in [-0.15, -0.1) is 0 Å². The van der Waals surface area contributed by atoms with Crippen LogP contribution in [0.3, 0.4) is 0 Å². The second-order valence-corrected chi connectivity index (χ2v) is 13.6. The molecule has 0 unspecified atom stereocenters. The molecule has 0 aliphatic rings. The lowest BCUT2D eigenvalue weighted by atomic mass is 10.0. The van der Waals surface area contributed by atoms with Crippen molar-refractivity contribution in [1.29, 1.82) is 0 Å². The number of benzene rings is 4. The van der Waals surface area contributed by atoms with E-state index in [0.717, 1.165) is 28.4 Å². The Bertz CT molecular complexity index is 1840. The SMILES string of the molecule is C.CN(C(=O)OC(C)(C)C)c1cccc(Cc2ccc(F)cc2N)c1.CN(C(=O)OC(C)(C)C)c1cccc(Cc2ccc(F)cc2[N+](=O)[O-])c1. The van der Waals surface area contributed by atoms with Crippen LogP contribution in [-0.2, 0) is 22.3 Å². The van der Waals surface area contributed by atoms with Gasteiger partial charge in [0.2, 0.25) is 0 Å². The Morgan fingerprint density at radius 3 is 1.53 bits per heavy atom. The molecule has 51 heavy (non-hydrogen) atoms. The molecule has 0 atom stereocenters. The van der Waals surface area contributed by atoms with Crippen molar-refractivity contribution >= 4 is 34.9 Å². The van der Waals surface area contributed by atoms with Crippen LogP contribution in [0.15, 0.2) is 84.9 Å². The Hall–Kier alpha value is -5.52. The molecule has 2 amide bonds. The second-order valence-electron chi connectivity index (χ2n) is 13.6. The molecule has 0 fully saturated rings. The molecular weight excluding hydrogens is 658 g/mol. The van der Waals surface area contributed by atoms with Gasteiger partial charge in [0, 0.05) is 43.1 Å². The molecule has 0 saturated carbocycles. The number of hydrogen-bond donors (Lipinski definition) is 1. The van der Waals surface area contributed by atoms with E-state index < -0.39 is 34.1 Å². The highest BCUT2D eigenvalue weighted by molar-refractivity contribution is 5.88. The summed E-state index contributed by atoms with van der Waals surface area (Å²) in [6, 6.07) is 22.4. The number of nitrogens with two attached hydrogens (primary N) is 1. The van der Waals surface area contributed by atoms with Gasteiger partial charge in [0.15, 0.2) is 0 Å². The van der Waals surface area contributed by atoms with Crippen molar-refractivity contribution in [2.24, 2.45) is 0 Å². The van der Waals surface area contributed by atoms with Crippen molar-refractivity contribution in [3.05, 3.63) is 129 Å². The fraction of sp³-hybridized carbons (Fsp3) is 0.333. The molecule has 274 valence electrons. The van der Waals surface area contributed by atoms with E-state index in [1.54, 1.807) is 65.2 Å². The number of hydrogen-bond acceptors (Lipinski definition) is 7. The number of nitrogens with zero attached hydrogens (tertiary/aromatic N) is 3. The average Bonchev–Trinajstić information content (AvgIpc) is 3.01. The number of nitro groups is 1. The Kier molecular flexibility index (Phi) is 14.2. The number of amides is 2. The monoisotopic (exact) mass is 706 g/mol. The van der Waals surface area contributed by atoms with Gasteiger partial charge in [0.25, 0.3) is 5.69 Å². The highest BCUT2D eigenvalue weighted by atomic mass is 19.1. The molecule has 10 nitrogen and oxygen atoms in total. The standard InChI is InChI=1S/C19H21FN2O4.C19H23FN2O2.CH4/c1-19(2,3)26-18(23)21(4)16-7-5-6-13(11-16)10-14-8-9-15(20)12-17(14)22(24)25;1-19(2,3)24-18(23)22(4)16-7-5-6-13(11-16)10-14-8-9-15(20)12-17(14)21;/h5-9,11-12H,10H2,1-4H3;5-9,11-12H,10,21H2,1-4H3;1H4. The zero-order valence-corrected chi connectivity index (χ0v) is 29.6. The third-order valence-electron chi connectivity index (χ3n) is 7.07. The quantitative estimate of drug-likeness (QED) is 0.115. The molecule has 0 aliphatic carbocycles. The van der Waals surface area contributed by atoms with E-state index in [2.05, 4.69) is 0 Å². The van der Waals surface area contributed by atoms with Gasteiger partial charge < -0.3 is 15.2 Å². The van der Waals surface area contributed by atoms with Crippen LogP contribution in [0.5, 0.6) is 0 Å². The molecule has 0 aliphatic heterocycles. The van der Waals surface area contributed by atoms with Crippen LogP contribution in [-0.4, -0.2) is 42.4 Å². The first kappa shape index (κ1) is 41.7. The molecule has 4 aromatic rings. The first-order valence-electron chi connectivity index (χ1n) is 15.8. The summed E-state index contributed by atoms with van der Waals surface area (Å²) in [5.74, 6) is -1.01. The summed E-state index contributed by atoms with van der Waals surface area (Å²) in [5.41, 5.74) is 9.14. The lowest BCUT2D eigenvalue weighted by Crippen LogP contribution is -2.34. The Labute approximate surface area is 298 Å². The van der Waals surface area contributed by atoms with Gasteiger partial charge in [-0.1, -0.05) is 37.8 Å². The minimum Gasteiger partial charge on any atom is -0.443 e. The molecule has 0 bridgehead atoms. The number of carbonyl (C=O) groups excluding carboxylic acids is 2. The van der Waals surface area contributed by atoms with Crippen molar-refractivity contribution in [3.63, 3.8) is 0 Å². The smallest absolute Gasteiger partial charge is 0.414 e. The number of nitro benzene ring substituents is 1.